The van der Waals surface area contributed by atoms with Crippen LogP contribution in [0.25, 0.3) is 0 Å². The molecule has 0 radical (unpaired) electrons. The summed E-state index contributed by atoms with van der Waals surface area (Å²) in [5.74, 6) is -1.89. The Morgan fingerprint density at radius 3 is 2.08 bits per heavy atom. The lowest BCUT2D eigenvalue weighted by Crippen LogP contribution is -2.34. The molecule has 0 heterocycles. The van der Waals surface area contributed by atoms with Crippen molar-refractivity contribution in [2.45, 2.75) is 26.0 Å². The molecule has 0 aromatic heterocycles. The molecule has 0 aromatic carbocycles. The molecule has 0 bridgehead atoms. The zero-order chi connectivity index (χ0) is 9.02. The third-order valence-electron chi connectivity index (χ3n) is 1.01. The van der Waals surface area contributed by atoms with E-state index in [4.69, 9.17) is 10.8 Å². The molecule has 0 aliphatic carbocycles. The third kappa shape index (κ3) is 4.92. The summed E-state index contributed by atoms with van der Waals surface area (Å²) in [6, 6.07) is -0.781. The molecule has 0 fully saturated rings. The van der Waals surface area contributed by atoms with E-state index in [2.05, 4.69) is 4.74 Å². The molecule has 3 N–H and O–H groups in total. The lowest BCUT2D eigenvalue weighted by Gasteiger charge is -2.09. The van der Waals surface area contributed by atoms with Gasteiger partial charge in [0.15, 0.2) is 6.10 Å². The van der Waals surface area contributed by atoms with Crippen molar-refractivity contribution in [1.29, 1.82) is 0 Å². The van der Waals surface area contributed by atoms with Crippen molar-refractivity contribution in [3.8, 4) is 0 Å². The van der Waals surface area contributed by atoms with E-state index in [0.29, 0.717) is 0 Å². The average Bonchev–Trinajstić information content (AvgIpc) is 1.87. The van der Waals surface area contributed by atoms with Gasteiger partial charge in [0, 0.05) is 0 Å². The van der Waals surface area contributed by atoms with Crippen LogP contribution in [0.4, 0.5) is 0 Å². The van der Waals surface area contributed by atoms with Crippen LogP contribution in [-0.2, 0) is 14.3 Å². The normalized spacial score (nSPS) is 13.9. The molecule has 0 saturated heterocycles. The average molecular weight is 198 g/mol. The number of hydrogen-bond donors (Lipinski definition) is 2. The van der Waals surface area contributed by atoms with Gasteiger partial charge in [0.2, 0.25) is 0 Å². The lowest BCUT2D eigenvalue weighted by molar-refractivity contribution is -0.163. The van der Waals surface area contributed by atoms with E-state index in [0.717, 1.165) is 0 Å². The van der Waals surface area contributed by atoms with Crippen LogP contribution in [0.5, 0.6) is 0 Å². The molecule has 0 spiro atoms. The molecule has 0 amide bonds. The van der Waals surface area contributed by atoms with Crippen molar-refractivity contribution in [3.05, 3.63) is 0 Å². The number of nitrogens with two attached hydrogens (primary N) is 1. The highest BCUT2D eigenvalue weighted by molar-refractivity contribution is 5.85. The van der Waals surface area contributed by atoms with E-state index in [1.807, 2.05) is 0 Å². The van der Waals surface area contributed by atoms with Gasteiger partial charge in [0.1, 0.15) is 6.04 Å². The van der Waals surface area contributed by atoms with Crippen molar-refractivity contribution in [2.24, 2.45) is 5.73 Å². The first-order valence-electron chi connectivity index (χ1n) is 3.14. The van der Waals surface area contributed by atoms with Gasteiger partial charge in [0.05, 0.1) is 0 Å². The Labute approximate surface area is 76.3 Å². The van der Waals surface area contributed by atoms with Crippen molar-refractivity contribution in [1.82, 2.24) is 0 Å². The van der Waals surface area contributed by atoms with Gasteiger partial charge in [-0.3, -0.25) is 4.79 Å². The standard InChI is InChI=1S/C6H11NO4.ClH/c1-3(7)6(10)11-4(2)5(8)9;/h3-4H,7H2,1-2H3,(H,8,9);1H/t3-,4?;/m0./s1. The number of halogens is 1. The Morgan fingerprint density at radius 1 is 1.42 bits per heavy atom. The molecule has 0 aliphatic rings. The smallest absolute Gasteiger partial charge is 0.344 e. The molecule has 6 heteroatoms. The maximum Gasteiger partial charge on any atom is 0.344 e. The number of carboxylic acid groups (broad SMARTS) is 1. The summed E-state index contributed by atoms with van der Waals surface area (Å²) < 4.78 is 4.41. The predicted octanol–water partition coefficient (Wildman–Crippen LogP) is -0.228. The minimum absolute atomic E-state index is 0. The van der Waals surface area contributed by atoms with Crippen LogP contribution in [-0.4, -0.2) is 29.2 Å². The third-order valence-corrected chi connectivity index (χ3v) is 1.01. The fourth-order valence-corrected chi connectivity index (χ4v) is 0.332. The quantitative estimate of drug-likeness (QED) is 0.610. The number of hydrogen-bond acceptors (Lipinski definition) is 4. The van der Waals surface area contributed by atoms with Crippen molar-refractivity contribution in [2.75, 3.05) is 0 Å². The fourth-order valence-electron chi connectivity index (χ4n) is 0.332. The van der Waals surface area contributed by atoms with Gasteiger partial charge in [-0.05, 0) is 13.8 Å². The van der Waals surface area contributed by atoms with Crippen LogP contribution in [0.15, 0.2) is 0 Å². The number of carboxylic acids is 1. The number of rotatable bonds is 3. The highest BCUT2D eigenvalue weighted by Crippen LogP contribution is 1.93. The molecule has 0 aliphatic heterocycles. The fraction of sp³-hybridized carbons (Fsp3) is 0.667. The second-order valence-corrected chi connectivity index (χ2v) is 2.21. The van der Waals surface area contributed by atoms with Crippen LogP contribution >= 0.6 is 12.4 Å². The first kappa shape index (κ1) is 13.8. The van der Waals surface area contributed by atoms with Crippen molar-refractivity contribution in [3.63, 3.8) is 0 Å². The number of carbonyl (C=O) groups is 2. The summed E-state index contributed by atoms with van der Waals surface area (Å²) in [6.07, 6.45) is -1.13. The van der Waals surface area contributed by atoms with E-state index < -0.39 is 24.1 Å². The van der Waals surface area contributed by atoms with Gasteiger partial charge < -0.3 is 15.6 Å². The monoisotopic (exact) mass is 197 g/mol. The van der Waals surface area contributed by atoms with E-state index in [1.165, 1.54) is 13.8 Å². The van der Waals surface area contributed by atoms with Gasteiger partial charge in [-0.25, -0.2) is 4.79 Å². The maximum atomic E-state index is 10.6. The Balaban J connectivity index is 0. The molecule has 12 heavy (non-hydrogen) atoms. The molecule has 0 aromatic rings. The van der Waals surface area contributed by atoms with Crippen molar-refractivity contribution >= 4 is 24.3 Å². The Bertz CT molecular complexity index is 171. The Morgan fingerprint density at radius 2 is 1.83 bits per heavy atom. The van der Waals surface area contributed by atoms with E-state index in [-0.39, 0.29) is 12.4 Å². The van der Waals surface area contributed by atoms with Gasteiger partial charge >= 0.3 is 11.9 Å². The van der Waals surface area contributed by atoms with Gasteiger partial charge in [-0.15, -0.1) is 12.4 Å². The van der Waals surface area contributed by atoms with E-state index >= 15 is 0 Å². The zero-order valence-corrected chi connectivity index (χ0v) is 7.63. The molecular formula is C6H12ClNO4. The minimum atomic E-state index is -1.18. The Hall–Kier alpha value is -0.810. The zero-order valence-electron chi connectivity index (χ0n) is 6.81. The summed E-state index contributed by atoms with van der Waals surface area (Å²) in [5, 5.41) is 8.29. The van der Waals surface area contributed by atoms with Gasteiger partial charge in [-0.2, -0.15) is 0 Å². The van der Waals surface area contributed by atoms with Crippen LogP contribution in [0, 0.1) is 0 Å². The van der Waals surface area contributed by atoms with Crippen molar-refractivity contribution < 1.29 is 19.4 Å². The molecule has 72 valence electrons. The van der Waals surface area contributed by atoms with Crippen LogP contribution in [0.2, 0.25) is 0 Å². The molecule has 0 rings (SSSR count). The van der Waals surface area contributed by atoms with E-state index in [9.17, 15) is 9.59 Å². The van der Waals surface area contributed by atoms with Crippen LogP contribution in [0.3, 0.4) is 0 Å². The summed E-state index contributed by atoms with van der Waals surface area (Å²) in [7, 11) is 0. The largest absolute Gasteiger partial charge is 0.479 e. The lowest BCUT2D eigenvalue weighted by atomic mass is 10.3. The van der Waals surface area contributed by atoms with Gasteiger partial charge in [0.25, 0.3) is 0 Å². The SMILES string of the molecule is CC(OC(=O)[C@H](C)N)C(=O)O.Cl. The maximum absolute atomic E-state index is 10.6. The number of carbonyl (C=O) groups excluding carboxylic acids is 1. The molecule has 5 nitrogen and oxygen atoms in total. The summed E-state index contributed by atoms with van der Waals surface area (Å²) in [5.41, 5.74) is 5.12. The topological polar surface area (TPSA) is 89.6 Å². The van der Waals surface area contributed by atoms with Gasteiger partial charge in [-0.1, -0.05) is 0 Å². The Kier molecular flexibility index (Phi) is 6.64. The minimum Gasteiger partial charge on any atom is -0.479 e. The number of aliphatic carboxylic acids is 1. The molecular weight excluding hydrogens is 186 g/mol. The summed E-state index contributed by atoms with van der Waals surface area (Å²) in [6.45, 7) is 2.69. The molecule has 2 atom stereocenters. The predicted molar refractivity (Wildman–Crippen MR) is 44.1 cm³/mol. The second-order valence-electron chi connectivity index (χ2n) is 2.21. The number of esters is 1. The summed E-state index contributed by atoms with van der Waals surface area (Å²) in [4.78, 5) is 20.8. The first-order valence-corrected chi connectivity index (χ1v) is 3.14. The second kappa shape index (κ2) is 5.79. The summed E-state index contributed by atoms with van der Waals surface area (Å²) >= 11 is 0. The molecule has 1 unspecified atom stereocenters. The highest BCUT2D eigenvalue weighted by Gasteiger charge is 2.18. The number of ether oxygens (including phenoxy) is 1. The van der Waals surface area contributed by atoms with Crippen LogP contribution in [0.1, 0.15) is 13.8 Å². The first-order chi connectivity index (χ1) is 4.95. The highest BCUT2D eigenvalue weighted by atomic mass is 35.5. The molecule has 0 saturated carbocycles. The van der Waals surface area contributed by atoms with Crippen LogP contribution < -0.4 is 5.73 Å². The van der Waals surface area contributed by atoms with E-state index in [1.54, 1.807) is 0 Å².